The van der Waals surface area contributed by atoms with Gasteiger partial charge in [-0.1, -0.05) is 6.92 Å². The van der Waals surface area contributed by atoms with Crippen LogP contribution in [0, 0.1) is 5.92 Å². The molecule has 0 radical (unpaired) electrons. The lowest BCUT2D eigenvalue weighted by molar-refractivity contribution is -0.00810. The van der Waals surface area contributed by atoms with Crippen LogP contribution in [0.15, 0.2) is 0 Å². The third-order valence-corrected chi connectivity index (χ3v) is 2.90. The van der Waals surface area contributed by atoms with Gasteiger partial charge in [-0.05, 0) is 6.54 Å². The van der Waals surface area contributed by atoms with E-state index in [-0.39, 0.29) is 11.7 Å². The highest BCUT2D eigenvalue weighted by Gasteiger charge is 2.46. The summed E-state index contributed by atoms with van der Waals surface area (Å²) in [4.78, 5) is 10.9. The molecule has 2 N–H and O–H groups in total. The number of piperidine rings is 1. The van der Waals surface area contributed by atoms with Gasteiger partial charge in [-0.15, -0.1) is 0 Å². The summed E-state index contributed by atoms with van der Waals surface area (Å²) in [6, 6.07) is 0. The number of amides is 1. The van der Waals surface area contributed by atoms with Crippen molar-refractivity contribution in [1.82, 2.24) is 10.6 Å². The molecule has 0 aromatic rings. The van der Waals surface area contributed by atoms with Crippen molar-refractivity contribution in [2.45, 2.75) is 18.9 Å². The van der Waals surface area contributed by atoms with Gasteiger partial charge in [-0.2, -0.15) is 0 Å². The van der Waals surface area contributed by atoms with E-state index in [1.165, 1.54) is 0 Å². The van der Waals surface area contributed by atoms with Crippen molar-refractivity contribution in [3.05, 3.63) is 0 Å². The van der Waals surface area contributed by atoms with Gasteiger partial charge in [0.05, 0.1) is 6.54 Å². The summed E-state index contributed by atoms with van der Waals surface area (Å²) in [5.41, 5.74) is -0.220. The molecule has 2 atom stereocenters. The number of nitrogens with one attached hydrogen (secondary N) is 2. The number of ether oxygens (including phenoxy) is 1. The molecule has 2 fully saturated rings. The zero-order valence-corrected chi connectivity index (χ0v) is 7.22. The summed E-state index contributed by atoms with van der Waals surface area (Å²) < 4.78 is 5.31. The van der Waals surface area contributed by atoms with Gasteiger partial charge in [-0.25, -0.2) is 4.79 Å². The lowest BCUT2D eigenvalue weighted by Gasteiger charge is -2.37. The predicted molar refractivity (Wildman–Crippen MR) is 43.9 cm³/mol. The molecule has 2 rings (SSSR count). The highest BCUT2D eigenvalue weighted by atomic mass is 16.6. The maximum Gasteiger partial charge on any atom is 0.407 e. The molecule has 0 aliphatic carbocycles. The molecule has 2 heterocycles. The zero-order valence-electron chi connectivity index (χ0n) is 7.22. The van der Waals surface area contributed by atoms with Gasteiger partial charge in [0, 0.05) is 18.9 Å². The Morgan fingerprint density at radius 3 is 3.08 bits per heavy atom. The van der Waals surface area contributed by atoms with Gasteiger partial charge in [0.1, 0.15) is 5.60 Å². The third-order valence-electron chi connectivity index (χ3n) is 2.90. The van der Waals surface area contributed by atoms with Crippen LogP contribution >= 0.6 is 0 Å². The maximum atomic E-state index is 10.9. The van der Waals surface area contributed by atoms with Crippen LogP contribution in [-0.2, 0) is 4.74 Å². The molecule has 68 valence electrons. The van der Waals surface area contributed by atoms with E-state index in [0.717, 1.165) is 19.5 Å². The second kappa shape index (κ2) is 2.62. The van der Waals surface area contributed by atoms with Crippen LogP contribution in [0.3, 0.4) is 0 Å². The minimum atomic E-state index is -0.260. The average Bonchev–Trinajstić information content (AvgIpc) is 2.41. The molecule has 0 aromatic carbocycles. The first-order valence-electron chi connectivity index (χ1n) is 4.40. The van der Waals surface area contributed by atoms with Crippen LogP contribution in [-0.4, -0.2) is 31.3 Å². The van der Waals surface area contributed by atoms with E-state index < -0.39 is 0 Å². The predicted octanol–water partition coefficient (Wildman–Crippen LogP) is 0.0944. The van der Waals surface area contributed by atoms with Crippen molar-refractivity contribution in [2.24, 2.45) is 5.92 Å². The first-order valence-corrected chi connectivity index (χ1v) is 4.40. The molecule has 12 heavy (non-hydrogen) atoms. The normalized spacial score (nSPS) is 41.1. The van der Waals surface area contributed by atoms with Gasteiger partial charge in [0.25, 0.3) is 0 Å². The van der Waals surface area contributed by atoms with Crippen molar-refractivity contribution in [3.63, 3.8) is 0 Å². The molecule has 1 amide bonds. The van der Waals surface area contributed by atoms with Gasteiger partial charge in [0.15, 0.2) is 0 Å². The monoisotopic (exact) mass is 170 g/mol. The van der Waals surface area contributed by atoms with Crippen LogP contribution in [0.2, 0.25) is 0 Å². The largest absolute Gasteiger partial charge is 0.441 e. The van der Waals surface area contributed by atoms with E-state index >= 15 is 0 Å². The van der Waals surface area contributed by atoms with E-state index in [4.69, 9.17) is 4.74 Å². The molecule has 2 aliphatic rings. The first kappa shape index (κ1) is 7.86. The lowest BCUT2D eigenvalue weighted by atomic mass is 9.83. The Morgan fingerprint density at radius 1 is 1.67 bits per heavy atom. The first-order chi connectivity index (χ1) is 5.73. The van der Waals surface area contributed by atoms with Crippen molar-refractivity contribution in [2.75, 3.05) is 19.6 Å². The molecule has 2 aliphatic heterocycles. The topological polar surface area (TPSA) is 50.4 Å². The minimum absolute atomic E-state index is 0.220. The quantitative estimate of drug-likeness (QED) is 0.542. The van der Waals surface area contributed by atoms with E-state index in [1.807, 2.05) is 0 Å². The molecule has 2 unspecified atom stereocenters. The van der Waals surface area contributed by atoms with Crippen molar-refractivity contribution < 1.29 is 9.53 Å². The number of carbonyl (C=O) groups excluding carboxylic acids is 1. The fourth-order valence-corrected chi connectivity index (χ4v) is 1.94. The second-order valence-electron chi connectivity index (χ2n) is 3.66. The SMILES string of the molecule is CC1CNCCC12CNC(=O)O2. The molecule has 0 aromatic heterocycles. The van der Waals surface area contributed by atoms with Crippen LogP contribution in [0.25, 0.3) is 0 Å². The molecule has 4 nitrogen and oxygen atoms in total. The Balaban J connectivity index is 2.12. The van der Waals surface area contributed by atoms with Gasteiger partial charge in [0.2, 0.25) is 0 Å². The Morgan fingerprint density at radius 2 is 2.50 bits per heavy atom. The number of alkyl carbamates (subject to hydrolysis) is 1. The fraction of sp³-hybridized carbons (Fsp3) is 0.875. The Bertz CT molecular complexity index is 207. The van der Waals surface area contributed by atoms with Crippen LogP contribution in [0.4, 0.5) is 4.79 Å². The molecule has 4 heteroatoms. The molecule has 2 saturated heterocycles. The van der Waals surface area contributed by atoms with E-state index in [9.17, 15) is 4.79 Å². The number of carbonyl (C=O) groups is 1. The summed E-state index contributed by atoms with van der Waals surface area (Å²) >= 11 is 0. The van der Waals surface area contributed by atoms with Gasteiger partial charge in [-0.3, -0.25) is 0 Å². The Labute approximate surface area is 71.7 Å². The summed E-state index contributed by atoms with van der Waals surface area (Å²) in [5.74, 6) is 0.408. The summed E-state index contributed by atoms with van der Waals surface area (Å²) in [7, 11) is 0. The van der Waals surface area contributed by atoms with E-state index in [0.29, 0.717) is 12.5 Å². The van der Waals surface area contributed by atoms with Crippen molar-refractivity contribution >= 4 is 6.09 Å². The van der Waals surface area contributed by atoms with Crippen LogP contribution < -0.4 is 10.6 Å². The van der Waals surface area contributed by atoms with E-state index in [1.54, 1.807) is 0 Å². The fourth-order valence-electron chi connectivity index (χ4n) is 1.94. The molecule has 1 spiro atoms. The van der Waals surface area contributed by atoms with Gasteiger partial charge >= 0.3 is 6.09 Å². The van der Waals surface area contributed by atoms with Crippen molar-refractivity contribution in [1.29, 1.82) is 0 Å². The summed E-state index contributed by atoms with van der Waals surface area (Å²) in [6.07, 6.45) is 0.663. The number of hydrogen-bond acceptors (Lipinski definition) is 3. The smallest absolute Gasteiger partial charge is 0.407 e. The molecular formula is C8H14N2O2. The number of hydrogen-bond donors (Lipinski definition) is 2. The lowest BCUT2D eigenvalue weighted by Crippen LogP contribution is -2.51. The molecule has 0 bridgehead atoms. The van der Waals surface area contributed by atoms with Crippen LogP contribution in [0.5, 0.6) is 0 Å². The van der Waals surface area contributed by atoms with Gasteiger partial charge < -0.3 is 15.4 Å². The summed E-state index contributed by atoms with van der Waals surface area (Å²) in [6.45, 7) is 4.68. The number of rotatable bonds is 0. The minimum Gasteiger partial charge on any atom is -0.441 e. The average molecular weight is 170 g/mol. The van der Waals surface area contributed by atoms with Crippen LogP contribution in [0.1, 0.15) is 13.3 Å². The Hall–Kier alpha value is -0.770. The van der Waals surface area contributed by atoms with E-state index in [2.05, 4.69) is 17.6 Å². The third kappa shape index (κ3) is 1.06. The maximum absolute atomic E-state index is 10.9. The highest BCUT2D eigenvalue weighted by molar-refractivity contribution is 5.70. The second-order valence-corrected chi connectivity index (χ2v) is 3.66. The Kier molecular flexibility index (Phi) is 1.72. The zero-order chi connectivity index (χ0) is 8.60. The molecule has 0 saturated carbocycles. The molecular weight excluding hydrogens is 156 g/mol. The standard InChI is InChI=1S/C8H14N2O2/c1-6-4-9-3-2-8(6)5-10-7(11)12-8/h6,9H,2-5H2,1H3,(H,10,11). The summed E-state index contributed by atoms with van der Waals surface area (Å²) in [5, 5.41) is 6.00. The highest BCUT2D eigenvalue weighted by Crippen LogP contribution is 2.30. The van der Waals surface area contributed by atoms with Crippen molar-refractivity contribution in [3.8, 4) is 0 Å².